The van der Waals surface area contributed by atoms with Gasteiger partial charge in [0.05, 0.1) is 12.0 Å². The van der Waals surface area contributed by atoms with Crippen LogP contribution in [0, 0.1) is 0 Å². The van der Waals surface area contributed by atoms with E-state index in [1.165, 1.54) is 0 Å². The summed E-state index contributed by atoms with van der Waals surface area (Å²) in [6, 6.07) is 16.2. The van der Waals surface area contributed by atoms with Crippen LogP contribution in [0.1, 0.15) is 41.8 Å². The van der Waals surface area contributed by atoms with Gasteiger partial charge in [-0.05, 0) is 37.1 Å². The van der Waals surface area contributed by atoms with E-state index in [1.807, 2.05) is 31.2 Å². The SMILES string of the molecule is CCNC(=O)c1cccc(CNC(=O)CC(C)(O)c2ccccc2)c1. The van der Waals surface area contributed by atoms with E-state index in [1.54, 1.807) is 37.3 Å². The lowest BCUT2D eigenvalue weighted by atomic mass is 9.92. The fourth-order valence-corrected chi connectivity index (χ4v) is 2.56. The fraction of sp³-hybridized carbons (Fsp3) is 0.300. The van der Waals surface area contributed by atoms with Gasteiger partial charge in [-0.2, -0.15) is 0 Å². The number of rotatable bonds is 7. The van der Waals surface area contributed by atoms with E-state index in [0.717, 1.165) is 5.56 Å². The Morgan fingerprint density at radius 1 is 1.04 bits per heavy atom. The molecule has 0 aliphatic heterocycles. The van der Waals surface area contributed by atoms with Crippen LogP contribution in [-0.4, -0.2) is 23.5 Å². The summed E-state index contributed by atoms with van der Waals surface area (Å²) in [6.07, 6.45) is -0.0347. The summed E-state index contributed by atoms with van der Waals surface area (Å²) in [7, 11) is 0. The molecule has 5 nitrogen and oxygen atoms in total. The van der Waals surface area contributed by atoms with E-state index in [2.05, 4.69) is 10.6 Å². The Labute approximate surface area is 148 Å². The number of amides is 2. The molecule has 0 fully saturated rings. The van der Waals surface area contributed by atoms with Crippen LogP contribution in [0.25, 0.3) is 0 Å². The quantitative estimate of drug-likeness (QED) is 0.724. The van der Waals surface area contributed by atoms with Crippen molar-refractivity contribution in [1.82, 2.24) is 10.6 Å². The fourth-order valence-electron chi connectivity index (χ4n) is 2.56. The van der Waals surface area contributed by atoms with Crippen LogP contribution in [-0.2, 0) is 16.9 Å². The summed E-state index contributed by atoms with van der Waals surface area (Å²) in [5, 5.41) is 16.1. The maximum atomic E-state index is 12.2. The number of benzene rings is 2. The highest BCUT2D eigenvalue weighted by atomic mass is 16.3. The molecule has 3 N–H and O–H groups in total. The summed E-state index contributed by atoms with van der Waals surface area (Å²) in [4.78, 5) is 24.0. The van der Waals surface area contributed by atoms with Gasteiger partial charge in [0.1, 0.15) is 0 Å². The molecule has 5 heteroatoms. The smallest absolute Gasteiger partial charge is 0.251 e. The highest BCUT2D eigenvalue weighted by Gasteiger charge is 2.26. The van der Waals surface area contributed by atoms with Gasteiger partial charge in [0.15, 0.2) is 0 Å². The third-order valence-electron chi connectivity index (χ3n) is 3.92. The normalized spacial score (nSPS) is 12.9. The van der Waals surface area contributed by atoms with E-state index in [0.29, 0.717) is 24.2 Å². The summed E-state index contributed by atoms with van der Waals surface area (Å²) >= 11 is 0. The zero-order valence-electron chi connectivity index (χ0n) is 14.6. The summed E-state index contributed by atoms with van der Waals surface area (Å²) in [5.41, 5.74) is 0.860. The first-order valence-electron chi connectivity index (χ1n) is 8.34. The average molecular weight is 340 g/mol. The summed E-state index contributed by atoms with van der Waals surface area (Å²) < 4.78 is 0. The largest absolute Gasteiger partial charge is 0.385 e. The van der Waals surface area contributed by atoms with Crippen LogP contribution in [0.5, 0.6) is 0 Å². The Balaban J connectivity index is 1.94. The molecule has 0 radical (unpaired) electrons. The lowest BCUT2D eigenvalue weighted by Gasteiger charge is -2.23. The second-order valence-corrected chi connectivity index (χ2v) is 6.15. The van der Waals surface area contributed by atoms with E-state index in [-0.39, 0.29) is 18.2 Å². The van der Waals surface area contributed by atoms with E-state index in [9.17, 15) is 14.7 Å². The molecule has 2 rings (SSSR count). The van der Waals surface area contributed by atoms with Crippen LogP contribution in [0.3, 0.4) is 0 Å². The zero-order chi connectivity index (χ0) is 18.3. The Kier molecular flexibility index (Phi) is 6.31. The Hall–Kier alpha value is -2.66. The average Bonchev–Trinajstić information content (AvgIpc) is 2.61. The Bertz CT molecular complexity index is 727. The molecular formula is C20H24N2O3. The predicted octanol–water partition coefficient (Wildman–Crippen LogP) is 2.35. The third kappa shape index (κ3) is 5.43. The highest BCUT2D eigenvalue weighted by molar-refractivity contribution is 5.94. The molecular weight excluding hydrogens is 316 g/mol. The second-order valence-electron chi connectivity index (χ2n) is 6.15. The van der Waals surface area contributed by atoms with Crippen molar-refractivity contribution in [3.05, 3.63) is 71.3 Å². The summed E-state index contributed by atoms with van der Waals surface area (Å²) in [6.45, 7) is 4.35. The van der Waals surface area contributed by atoms with E-state index >= 15 is 0 Å². The Morgan fingerprint density at radius 3 is 2.44 bits per heavy atom. The van der Waals surface area contributed by atoms with Gasteiger partial charge in [0.2, 0.25) is 5.91 Å². The number of hydrogen-bond acceptors (Lipinski definition) is 3. The lowest BCUT2D eigenvalue weighted by Crippen LogP contribution is -2.32. The van der Waals surface area contributed by atoms with E-state index in [4.69, 9.17) is 0 Å². The number of nitrogens with one attached hydrogen (secondary N) is 2. The van der Waals surface area contributed by atoms with Crippen LogP contribution < -0.4 is 10.6 Å². The van der Waals surface area contributed by atoms with Gasteiger partial charge in [-0.1, -0.05) is 42.5 Å². The molecule has 0 saturated carbocycles. The molecule has 0 saturated heterocycles. The number of carbonyl (C=O) groups excluding carboxylic acids is 2. The number of hydrogen-bond donors (Lipinski definition) is 3. The molecule has 0 aromatic heterocycles. The van der Waals surface area contributed by atoms with Crippen LogP contribution in [0.2, 0.25) is 0 Å². The molecule has 2 aromatic rings. The monoisotopic (exact) mass is 340 g/mol. The maximum absolute atomic E-state index is 12.2. The van der Waals surface area contributed by atoms with Gasteiger partial charge in [-0.25, -0.2) is 0 Å². The van der Waals surface area contributed by atoms with Crippen molar-refractivity contribution in [3.8, 4) is 0 Å². The van der Waals surface area contributed by atoms with E-state index < -0.39 is 5.60 Å². The van der Waals surface area contributed by atoms with Crippen molar-refractivity contribution in [1.29, 1.82) is 0 Å². The van der Waals surface area contributed by atoms with Gasteiger partial charge in [0, 0.05) is 18.7 Å². The Morgan fingerprint density at radius 2 is 1.76 bits per heavy atom. The number of carbonyl (C=O) groups is 2. The molecule has 0 aliphatic rings. The van der Waals surface area contributed by atoms with Gasteiger partial charge < -0.3 is 15.7 Å². The summed E-state index contributed by atoms with van der Waals surface area (Å²) in [5.74, 6) is -0.389. The van der Waals surface area contributed by atoms with Gasteiger partial charge in [-0.3, -0.25) is 9.59 Å². The molecule has 132 valence electrons. The highest BCUT2D eigenvalue weighted by Crippen LogP contribution is 2.23. The van der Waals surface area contributed by atoms with Gasteiger partial charge in [-0.15, -0.1) is 0 Å². The van der Waals surface area contributed by atoms with Crippen molar-refractivity contribution in [2.24, 2.45) is 0 Å². The molecule has 2 amide bonds. The second kappa shape index (κ2) is 8.44. The lowest BCUT2D eigenvalue weighted by molar-refractivity contribution is -0.126. The molecule has 1 unspecified atom stereocenters. The first kappa shape index (κ1) is 18.7. The van der Waals surface area contributed by atoms with Crippen molar-refractivity contribution in [2.45, 2.75) is 32.4 Å². The van der Waals surface area contributed by atoms with Crippen molar-refractivity contribution >= 4 is 11.8 Å². The predicted molar refractivity (Wildman–Crippen MR) is 96.9 cm³/mol. The van der Waals surface area contributed by atoms with Crippen molar-refractivity contribution in [2.75, 3.05) is 6.54 Å². The maximum Gasteiger partial charge on any atom is 0.251 e. The minimum atomic E-state index is -1.23. The molecule has 0 aliphatic carbocycles. The first-order valence-corrected chi connectivity index (χ1v) is 8.34. The molecule has 0 bridgehead atoms. The zero-order valence-corrected chi connectivity index (χ0v) is 14.6. The molecule has 2 aromatic carbocycles. The standard InChI is InChI=1S/C20H24N2O3/c1-3-21-19(24)16-9-7-8-15(12-16)14-22-18(23)13-20(2,25)17-10-5-4-6-11-17/h4-12,25H,3,13-14H2,1-2H3,(H,21,24)(H,22,23). The van der Waals surface area contributed by atoms with Gasteiger partial charge in [0.25, 0.3) is 5.91 Å². The van der Waals surface area contributed by atoms with Crippen LogP contribution >= 0.6 is 0 Å². The minimum absolute atomic E-state index is 0.0347. The minimum Gasteiger partial charge on any atom is -0.385 e. The molecule has 1 atom stereocenters. The van der Waals surface area contributed by atoms with Crippen LogP contribution in [0.15, 0.2) is 54.6 Å². The van der Waals surface area contributed by atoms with Crippen molar-refractivity contribution in [3.63, 3.8) is 0 Å². The topological polar surface area (TPSA) is 78.4 Å². The number of aliphatic hydroxyl groups is 1. The first-order chi connectivity index (χ1) is 11.9. The molecule has 25 heavy (non-hydrogen) atoms. The van der Waals surface area contributed by atoms with Crippen molar-refractivity contribution < 1.29 is 14.7 Å². The van der Waals surface area contributed by atoms with Gasteiger partial charge >= 0.3 is 0 Å². The molecule has 0 spiro atoms. The van der Waals surface area contributed by atoms with Crippen LogP contribution in [0.4, 0.5) is 0 Å². The third-order valence-corrected chi connectivity index (χ3v) is 3.92. The molecule has 0 heterocycles.